The minimum absolute atomic E-state index is 0. The highest BCUT2D eigenvalue weighted by Crippen LogP contribution is 2.17. The lowest BCUT2D eigenvalue weighted by molar-refractivity contribution is 0.259. The van der Waals surface area contributed by atoms with Gasteiger partial charge < -0.3 is 11.1 Å². The van der Waals surface area contributed by atoms with Gasteiger partial charge in [-0.3, -0.25) is 9.89 Å². The first-order valence-electron chi connectivity index (χ1n) is 6.74. The molecule has 0 aromatic heterocycles. The summed E-state index contributed by atoms with van der Waals surface area (Å²) in [5, 5.41) is 3.20. The molecule has 1 atom stereocenters. The summed E-state index contributed by atoms with van der Waals surface area (Å²) >= 11 is 0. The molecule has 1 rings (SSSR count). The normalized spacial score (nSPS) is 21.8. The maximum Gasteiger partial charge on any atom is 0.189 e. The largest absolute Gasteiger partial charge is 0.370 e. The molecule has 0 aromatic carbocycles. The molecule has 1 aliphatic rings. The zero-order chi connectivity index (χ0) is 12.9. The van der Waals surface area contributed by atoms with Crippen molar-refractivity contribution in [2.24, 2.45) is 10.7 Å². The van der Waals surface area contributed by atoms with Gasteiger partial charge in [0.1, 0.15) is 0 Å². The van der Waals surface area contributed by atoms with Gasteiger partial charge in [0, 0.05) is 11.6 Å². The monoisotopic (exact) mass is 368 g/mol. The van der Waals surface area contributed by atoms with E-state index in [2.05, 4.69) is 42.9 Å². The molecule has 4 nitrogen and oxygen atoms in total. The van der Waals surface area contributed by atoms with Gasteiger partial charge in [0.2, 0.25) is 0 Å². The van der Waals surface area contributed by atoms with Gasteiger partial charge >= 0.3 is 0 Å². The Kier molecular flexibility index (Phi) is 8.18. The Balaban J connectivity index is 0.00000289. The van der Waals surface area contributed by atoms with Crippen molar-refractivity contribution in [1.29, 1.82) is 0 Å². The van der Waals surface area contributed by atoms with Crippen LogP contribution in [0.5, 0.6) is 0 Å². The second kappa shape index (κ2) is 8.19. The van der Waals surface area contributed by atoms with Crippen molar-refractivity contribution in [3.8, 4) is 0 Å². The second-order valence-electron chi connectivity index (χ2n) is 5.93. The number of nitrogens with one attached hydrogen (secondary N) is 1. The van der Waals surface area contributed by atoms with Crippen LogP contribution in [0.4, 0.5) is 0 Å². The van der Waals surface area contributed by atoms with Crippen LogP contribution in [0.15, 0.2) is 4.99 Å². The summed E-state index contributed by atoms with van der Waals surface area (Å²) in [6, 6.07) is 0.593. The zero-order valence-electron chi connectivity index (χ0n) is 12.2. The Bertz CT molecular complexity index is 260. The number of guanidine groups is 1. The van der Waals surface area contributed by atoms with Crippen molar-refractivity contribution in [3.05, 3.63) is 0 Å². The third kappa shape index (κ3) is 6.78. The molecule has 18 heavy (non-hydrogen) atoms. The van der Waals surface area contributed by atoms with E-state index in [0.29, 0.717) is 12.0 Å². The average molecular weight is 368 g/mol. The number of hydrogen-bond acceptors (Lipinski definition) is 2. The smallest absolute Gasteiger partial charge is 0.189 e. The third-order valence-corrected chi connectivity index (χ3v) is 2.99. The molecule has 1 aliphatic heterocycles. The molecule has 3 N–H and O–H groups in total. The molecular formula is C13H29IN4. The minimum Gasteiger partial charge on any atom is -0.370 e. The van der Waals surface area contributed by atoms with Gasteiger partial charge in [0.05, 0.1) is 6.54 Å². The molecule has 0 aliphatic carbocycles. The van der Waals surface area contributed by atoms with Crippen LogP contribution in [0.3, 0.4) is 0 Å². The molecule has 1 heterocycles. The lowest BCUT2D eigenvalue weighted by Crippen LogP contribution is -2.45. The molecule has 0 spiro atoms. The Morgan fingerprint density at radius 1 is 1.44 bits per heavy atom. The number of hydrogen-bond donors (Lipinski definition) is 2. The fourth-order valence-electron chi connectivity index (χ4n) is 2.31. The predicted octanol–water partition coefficient (Wildman–Crippen LogP) is 2.18. The quantitative estimate of drug-likeness (QED) is 0.454. The van der Waals surface area contributed by atoms with Gasteiger partial charge in [-0.15, -0.1) is 24.0 Å². The first kappa shape index (κ1) is 18.0. The second-order valence-corrected chi connectivity index (χ2v) is 5.93. The molecule has 0 unspecified atom stereocenters. The molecular weight excluding hydrogens is 339 g/mol. The summed E-state index contributed by atoms with van der Waals surface area (Å²) < 4.78 is 0. The minimum atomic E-state index is -0.00757. The van der Waals surface area contributed by atoms with Crippen molar-refractivity contribution < 1.29 is 0 Å². The van der Waals surface area contributed by atoms with Crippen molar-refractivity contribution in [2.45, 2.75) is 58.5 Å². The third-order valence-electron chi connectivity index (χ3n) is 2.99. The lowest BCUT2D eigenvalue weighted by atomic mass is 10.1. The van der Waals surface area contributed by atoms with E-state index in [1.54, 1.807) is 0 Å². The molecule has 0 saturated carbocycles. The summed E-state index contributed by atoms with van der Waals surface area (Å²) in [5.41, 5.74) is 5.87. The molecule has 1 saturated heterocycles. The fourth-order valence-corrected chi connectivity index (χ4v) is 2.31. The van der Waals surface area contributed by atoms with Crippen molar-refractivity contribution in [1.82, 2.24) is 10.2 Å². The number of nitrogens with two attached hydrogens (primary N) is 1. The maximum atomic E-state index is 5.88. The van der Waals surface area contributed by atoms with Crippen LogP contribution >= 0.6 is 24.0 Å². The number of halogens is 1. The van der Waals surface area contributed by atoms with E-state index in [-0.39, 0.29) is 29.5 Å². The highest BCUT2D eigenvalue weighted by atomic mass is 127. The number of likely N-dealkylation sites (tertiary alicyclic amines) is 1. The lowest BCUT2D eigenvalue weighted by Gasteiger charge is -2.24. The van der Waals surface area contributed by atoms with E-state index in [1.165, 1.54) is 32.4 Å². The number of rotatable bonds is 4. The highest BCUT2D eigenvalue weighted by Gasteiger charge is 2.23. The van der Waals surface area contributed by atoms with Crippen LogP contribution in [-0.4, -0.2) is 42.1 Å². The molecule has 5 heteroatoms. The summed E-state index contributed by atoms with van der Waals surface area (Å²) in [5.74, 6) is 0.570. The molecule has 1 fully saturated rings. The maximum absolute atomic E-state index is 5.88. The Hall–Kier alpha value is -0.0400. The van der Waals surface area contributed by atoms with Crippen LogP contribution in [0.1, 0.15) is 47.0 Å². The predicted molar refractivity (Wildman–Crippen MR) is 89.7 cm³/mol. The summed E-state index contributed by atoms with van der Waals surface area (Å²) in [6.45, 7) is 11.7. The molecule has 0 radical (unpaired) electrons. The van der Waals surface area contributed by atoms with E-state index >= 15 is 0 Å². The van der Waals surface area contributed by atoms with Gasteiger partial charge in [0.25, 0.3) is 0 Å². The van der Waals surface area contributed by atoms with Gasteiger partial charge in [-0.05, 0) is 53.1 Å². The Labute approximate surface area is 129 Å². The summed E-state index contributed by atoms with van der Waals surface area (Å²) in [6.07, 6.45) is 3.77. The average Bonchev–Trinajstić information content (AvgIpc) is 2.60. The van der Waals surface area contributed by atoms with Crippen molar-refractivity contribution >= 4 is 29.9 Å². The molecule has 0 amide bonds. The molecule has 0 bridgehead atoms. The topological polar surface area (TPSA) is 53.6 Å². The van der Waals surface area contributed by atoms with Crippen LogP contribution in [0.2, 0.25) is 0 Å². The van der Waals surface area contributed by atoms with Crippen LogP contribution in [0, 0.1) is 0 Å². The zero-order valence-corrected chi connectivity index (χ0v) is 14.5. The van der Waals surface area contributed by atoms with Gasteiger partial charge in [-0.25, -0.2) is 0 Å². The first-order valence-corrected chi connectivity index (χ1v) is 6.74. The van der Waals surface area contributed by atoms with E-state index in [1.807, 2.05) is 0 Å². The van der Waals surface area contributed by atoms with Crippen molar-refractivity contribution in [2.75, 3.05) is 19.6 Å². The van der Waals surface area contributed by atoms with Crippen molar-refractivity contribution in [3.63, 3.8) is 0 Å². The Morgan fingerprint density at radius 3 is 2.67 bits per heavy atom. The molecule has 0 aromatic rings. The van der Waals surface area contributed by atoms with Gasteiger partial charge in [-0.2, -0.15) is 0 Å². The van der Waals surface area contributed by atoms with Crippen LogP contribution < -0.4 is 11.1 Å². The van der Waals surface area contributed by atoms with E-state index in [4.69, 9.17) is 5.73 Å². The number of aliphatic imine (C=N–C) groups is 1. The summed E-state index contributed by atoms with van der Waals surface area (Å²) in [7, 11) is 0. The SMILES string of the molecule is CCCN1CCC[C@H]1CN=C(N)NC(C)(C)C.I. The summed E-state index contributed by atoms with van der Waals surface area (Å²) in [4.78, 5) is 7.00. The van der Waals surface area contributed by atoms with Gasteiger partial charge in [0.15, 0.2) is 5.96 Å². The highest BCUT2D eigenvalue weighted by molar-refractivity contribution is 14.0. The standard InChI is InChI=1S/C13H28N4.HI/c1-5-8-17-9-6-7-11(17)10-15-12(14)16-13(2,3)4;/h11H,5-10H2,1-4H3,(H3,14,15,16);1H/t11-;/m0./s1. The first-order chi connectivity index (χ1) is 7.92. The Morgan fingerprint density at radius 2 is 2.11 bits per heavy atom. The van der Waals surface area contributed by atoms with E-state index in [9.17, 15) is 0 Å². The van der Waals surface area contributed by atoms with E-state index < -0.39 is 0 Å². The number of nitrogens with zero attached hydrogens (tertiary/aromatic N) is 2. The fraction of sp³-hybridized carbons (Fsp3) is 0.923. The molecule has 108 valence electrons. The van der Waals surface area contributed by atoms with Crippen LogP contribution in [0.25, 0.3) is 0 Å². The van der Waals surface area contributed by atoms with Crippen LogP contribution in [-0.2, 0) is 0 Å². The van der Waals surface area contributed by atoms with E-state index in [0.717, 1.165) is 6.54 Å². The van der Waals surface area contributed by atoms with Gasteiger partial charge in [-0.1, -0.05) is 6.92 Å².